The van der Waals surface area contributed by atoms with E-state index in [1.165, 1.54) is 32.5 Å². The quantitative estimate of drug-likeness (QED) is 0.765. The molecule has 0 saturated carbocycles. The Hall–Kier alpha value is -0.120. The molecule has 1 saturated heterocycles. The fourth-order valence-electron chi connectivity index (χ4n) is 2.53. The molecule has 0 aromatic rings. The largest absolute Gasteiger partial charge is 0.313 e. The second kappa shape index (κ2) is 7.34. The molecule has 0 aromatic carbocycles. The van der Waals surface area contributed by atoms with Crippen LogP contribution in [0.25, 0.3) is 0 Å². The number of nitrogens with one attached hydrogen (secondary N) is 1. The number of piperazine rings is 1. The van der Waals surface area contributed by atoms with Crippen molar-refractivity contribution in [1.29, 1.82) is 0 Å². The van der Waals surface area contributed by atoms with Gasteiger partial charge in [0.05, 0.1) is 0 Å². The molecule has 1 heterocycles. The van der Waals surface area contributed by atoms with Gasteiger partial charge in [0.15, 0.2) is 0 Å². The Balaban J connectivity index is 2.45. The van der Waals surface area contributed by atoms with E-state index in [-0.39, 0.29) is 0 Å². The van der Waals surface area contributed by atoms with Crippen molar-refractivity contribution in [1.82, 2.24) is 15.1 Å². The van der Waals surface area contributed by atoms with E-state index in [4.69, 9.17) is 0 Å². The molecule has 1 rings (SSSR count). The normalized spacial score (nSPS) is 25.4. The van der Waals surface area contributed by atoms with Gasteiger partial charge in [-0.2, -0.15) is 0 Å². The molecule has 0 aromatic heterocycles. The van der Waals surface area contributed by atoms with Gasteiger partial charge >= 0.3 is 0 Å². The first kappa shape index (κ1) is 14.9. The maximum atomic E-state index is 3.60. The zero-order valence-corrected chi connectivity index (χ0v) is 12.4. The van der Waals surface area contributed by atoms with Gasteiger partial charge in [-0.05, 0) is 20.4 Å². The van der Waals surface area contributed by atoms with Crippen LogP contribution in [-0.2, 0) is 0 Å². The second-order valence-electron chi connectivity index (χ2n) is 5.83. The number of rotatable bonds is 6. The molecule has 1 aliphatic heterocycles. The minimum Gasteiger partial charge on any atom is -0.313 e. The molecule has 2 atom stereocenters. The first-order valence-electron chi connectivity index (χ1n) is 7.22. The third kappa shape index (κ3) is 4.94. The minimum atomic E-state index is 0.597. The summed E-state index contributed by atoms with van der Waals surface area (Å²) in [5.74, 6) is 0. The van der Waals surface area contributed by atoms with Gasteiger partial charge < -0.3 is 10.2 Å². The molecule has 0 amide bonds. The summed E-state index contributed by atoms with van der Waals surface area (Å²) >= 11 is 0. The molecule has 1 aliphatic rings. The zero-order valence-electron chi connectivity index (χ0n) is 12.4. The van der Waals surface area contributed by atoms with Crippen molar-refractivity contribution < 1.29 is 0 Å². The Labute approximate surface area is 108 Å². The fraction of sp³-hybridized carbons (Fsp3) is 1.00. The summed E-state index contributed by atoms with van der Waals surface area (Å²) < 4.78 is 0. The van der Waals surface area contributed by atoms with Crippen LogP contribution in [0, 0.1) is 0 Å². The highest BCUT2D eigenvalue weighted by atomic mass is 15.3. The molecular weight excluding hydrogens is 210 g/mol. The van der Waals surface area contributed by atoms with Crippen LogP contribution in [0.1, 0.15) is 40.5 Å². The van der Waals surface area contributed by atoms with E-state index in [1.807, 2.05) is 0 Å². The molecule has 0 spiro atoms. The van der Waals surface area contributed by atoms with E-state index in [0.717, 1.165) is 12.6 Å². The van der Waals surface area contributed by atoms with Crippen molar-refractivity contribution in [2.45, 2.75) is 58.7 Å². The van der Waals surface area contributed by atoms with Crippen LogP contribution in [0.2, 0.25) is 0 Å². The second-order valence-corrected chi connectivity index (χ2v) is 5.83. The molecule has 102 valence electrons. The highest BCUT2D eigenvalue weighted by Crippen LogP contribution is 2.13. The summed E-state index contributed by atoms with van der Waals surface area (Å²) in [6, 6.07) is 2.01. The van der Waals surface area contributed by atoms with Gasteiger partial charge in [-0.25, -0.2) is 0 Å². The van der Waals surface area contributed by atoms with E-state index < -0.39 is 0 Å². The molecule has 0 bridgehead atoms. The lowest BCUT2D eigenvalue weighted by atomic mass is 10.1. The summed E-state index contributed by atoms with van der Waals surface area (Å²) in [6.45, 7) is 13.9. The van der Waals surface area contributed by atoms with Crippen LogP contribution >= 0.6 is 0 Å². The van der Waals surface area contributed by atoms with Crippen LogP contribution in [0.5, 0.6) is 0 Å². The van der Waals surface area contributed by atoms with Crippen LogP contribution in [-0.4, -0.2) is 61.2 Å². The van der Waals surface area contributed by atoms with E-state index in [1.54, 1.807) is 0 Å². The molecule has 2 unspecified atom stereocenters. The van der Waals surface area contributed by atoms with Gasteiger partial charge in [-0.15, -0.1) is 0 Å². The predicted molar refractivity (Wildman–Crippen MR) is 75.5 cm³/mol. The van der Waals surface area contributed by atoms with Crippen molar-refractivity contribution in [2.24, 2.45) is 0 Å². The average Bonchev–Trinajstić information content (AvgIpc) is 2.28. The van der Waals surface area contributed by atoms with Crippen LogP contribution < -0.4 is 5.32 Å². The number of hydrogen-bond acceptors (Lipinski definition) is 3. The lowest BCUT2D eigenvalue weighted by molar-refractivity contribution is 0.0673. The number of nitrogens with zero attached hydrogens (tertiary/aromatic N) is 2. The maximum Gasteiger partial charge on any atom is 0.0221 e. The fourth-order valence-corrected chi connectivity index (χ4v) is 2.53. The van der Waals surface area contributed by atoms with Gasteiger partial charge in [0, 0.05) is 44.3 Å². The minimum absolute atomic E-state index is 0.597. The van der Waals surface area contributed by atoms with Gasteiger partial charge in [-0.1, -0.05) is 27.2 Å². The Morgan fingerprint density at radius 3 is 2.53 bits per heavy atom. The smallest absolute Gasteiger partial charge is 0.0221 e. The zero-order chi connectivity index (χ0) is 12.8. The number of hydrogen-bond donors (Lipinski definition) is 1. The van der Waals surface area contributed by atoms with Crippen molar-refractivity contribution in [3.8, 4) is 0 Å². The van der Waals surface area contributed by atoms with E-state index >= 15 is 0 Å². The summed E-state index contributed by atoms with van der Waals surface area (Å²) in [5, 5.41) is 3.60. The predicted octanol–water partition coefficient (Wildman–Crippen LogP) is 1.79. The number of likely N-dealkylation sites (N-methyl/N-ethyl adjacent to an activating group) is 1. The highest BCUT2D eigenvalue weighted by Gasteiger charge is 2.25. The third-order valence-corrected chi connectivity index (χ3v) is 3.89. The van der Waals surface area contributed by atoms with E-state index in [0.29, 0.717) is 12.1 Å². The summed E-state index contributed by atoms with van der Waals surface area (Å²) in [7, 11) is 2.24. The summed E-state index contributed by atoms with van der Waals surface area (Å²) in [6.07, 6.45) is 2.60. The van der Waals surface area contributed by atoms with Gasteiger partial charge in [0.25, 0.3) is 0 Å². The molecular formula is C14H31N3. The molecule has 3 nitrogen and oxygen atoms in total. The topological polar surface area (TPSA) is 18.5 Å². The lowest BCUT2D eigenvalue weighted by Gasteiger charge is -2.42. The monoisotopic (exact) mass is 241 g/mol. The van der Waals surface area contributed by atoms with Crippen molar-refractivity contribution in [3.05, 3.63) is 0 Å². The van der Waals surface area contributed by atoms with E-state index in [9.17, 15) is 0 Å². The average molecular weight is 241 g/mol. The molecule has 1 fully saturated rings. The summed E-state index contributed by atoms with van der Waals surface area (Å²) in [4.78, 5) is 5.15. The first-order valence-corrected chi connectivity index (χ1v) is 7.22. The van der Waals surface area contributed by atoms with Gasteiger partial charge in [-0.3, -0.25) is 4.90 Å². The molecule has 0 radical (unpaired) electrons. The summed E-state index contributed by atoms with van der Waals surface area (Å²) in [5.41, 5.74) is 0. The van der Waals surface area contributed by atoms with Gasteiger partial charge in [0.1, 0.15) is 0 Å². The maximum absolute atomic E-state index is 3.60. The van der Waals surface area contributed by atoms with Crippen molar-refractivity contribution >= 4 is 0 Å². The molecule has 0 aliphatic carbocycles. The first-order chi connectivity index (χ1) is 8.04. The Kier molecular flexibility index (Phi) is 6.45. The Bertz CT molecular complexity index is 206. The highest BCUT2D eigenvalue weighted by molar-refractivity contribution is 4.83. The Morgan fingerprint density at radius 1 is 1.29 bits per heavy atom. The molecule has 17 heavy (non-hydrogen) atoms. The Morgan fingerprint density at radius 2 is 2.00 bits per heavy atom. The third-order valence-electron chi connectivity index (χ3n) is 3.89. The standard InChI is InChI=1S/C14H31N3/c1-6-7-14(10-15-12(2)3)17-9-8-16(5)13(4)11-17/h12-15H,6-11H2,1-5H3. The van der Waals surface area contributed by atoms with Crippen LogP contribution in [0.4, 0.5) is 0 Å². The van der Waals surface area contributed by atoms with Crippen LogP contribution in [0.3, 0.4) is 0 Å². The van der Waals surface area contributed by atoms with Gasteiger partial charge in [0.2, 0.25) is 0 Å². The SMILES string of the molecule is CCCC(CNC(C)C)N1CCN(C)C(C)C1. The lowest BCUT2D eigenvalue weighted by Crippen LogP contribution is -2.55. The van der Waals surface area contributed by atoms with Crippen molar-refractivity contribution in [3.63, 3.8) is 0 Å². The van der Waals surface area contributed by atoms with E-state index in [2.05, 4.69) is 49.9 Å². The molecule has 3 heteroatoms. The van der Waals surface area contributed by atoms with Crippen LogP contribution in [0.15, 0.2) is 0 Å². The molecule has 1 N–H and O–H groups in total. The van der Waals surface area contributed by atoms with Crippen molar-refractivity contribution in [2.75, 3.05) is 33.2 Å².